The van der Waals surface area contributed by atoms with Gasteiger partial charge in [-0.25, -0.2) is 0 Å². The molecule has 0 saturated carbocycles. The fourth-order valence-corrected chi connectivity index (χ4v) is 2.84. The molecule has 0 fully saturated rings. The Labute approximate surface area is 168 Å². The fraction of sp³-hybridized carbons (Fsp3) is 0.190. The number of para-hydroxylation sites is 1. The number of thiocarbonyl (C=S) groups is 1. The van der Waals surface area contributed by atoms with Crippen LogP contribution in [0.3, 0.4) is 0 Å². The SMILES string of the molecule is CCCCC(=O)NC(=S)Nc1ccc(NC(=O)c2cc3ccccc3o2)cc1. The number of amides is 2. The highest BCUT2D eigenvalue weighted by Gasteiger charge is 2.12. The summed E-state index contributed by atoms with van der Waals surface area (Å²) in [6.07, 6.45) is 2.23. The molecule has 28 heavy (non-hydrogen) atoms. The Morgan fingerprint density at radius 2 is 1.68 bits per heavy atom. The van der Waals surface area contributed by atoms with Gasteiger partial charge in [-0.2, -0.15) is 0 Å². The Bertz CT molecular complexity index is 963. The van der Waals surface area contributed by atoms with E-state index in [1.54, 1.807) is 30.3 Å². The Balaban J connectivity index is 1.55. The van der Waals surface area contributed by atoms with Crippen LogP contribution in [-0.4, -0.2) is 16.9 Å². The summed E-state index contributed by atoms with van der Waals surface area (Å²) in [6.45, 7) is 2.03. The molecule has 144 valence electrons. The summed E-state index contributed by atoms with van der Waals surface area (Å²) < 4.78 is 5.56. The lowest BCUT2D eigenvalue weighted by molar-refractivity contribution is -0.119. The van der Waals surface area contributed by atoms with Crippen molar-refractivity contribution in [2.45, 2.75) is 26.2 Å². The fourth-order valence-electron chi connectivity index (χ4n) is 2.61. The van der Waals surface area contributed by atoms with Crippen LogP contribution in [0.1, 0.15) is 36.7 Å². The van der Waals surface area contributed by atoms with Crippen molar-refractivity contribution in [3.63, 3.8) is 0 Å². The van der Waals surface area contributed by atoms with Gasteiger partial charge in [-0.3, -0.25) is 9.59 Å². The van der Waals surface area contributed by atoms with Crippen LogP contribution in [0.5, 0.6) is 0 Å². The van der Waals surface area contributed by atoms with Gasteiger partial charge in [-0.1, -0.05) is 31.5 Å². The Morgan fingerprint density at radius 1 is 1.00 bits per heavy atom. The van der Waals surface area contributed by atoms with Gasteiger partial charge in [0, 0.05) is 23.2 Å². The molecule has 2 amide bonds. The van der Waals surface area contributed by atoms with Gasteiger partial charge < -0.3 is 20.4 Å². The molecule has 0 atom stereocenters. The highest BCUT2D eigenvalue weighted by Crippen LogP contribution is 2.20. The zero-order valence-electron chi connectivity index (χ0n) is 15.5. The maximum atomic E-state index is 12.4. The zero-order valence-corrected chi connectivity index (χ0v) is 16.3. The molecule has 2 aromatic carbocycles. The Kier molecular flexibility index (Phi) is 6.39. The predicted molar refractivity (Wildman–Crippen MR) is 114 cm³/mol. The van der Waals surface area contributed by atoms with Crippen molar-refractivity contribution < 1.29 is 14.0 Å². The van der Waals surface area contributed by atoms with E-state index in [-0.39, 0.29) is 22.7 Å². The molecule has 0 unspecified atom stereocenters. The first-order valence-electron chi connectivity index (χ1n) is 9.06. The second-order valence-corrected chi connectivity index (χ2v) is 6.69. The molecule has 1 aromatic heterocycles. The van der Waals surface area contributed by atoms with E-state index in [2.05, 4.69) is 16.0 Å². The molecular weight excluding hydrogens is 374 g/mol. The predicted octanol–water partition coefficient (Wildman–Crippen LogP) is 4.69. The van der Waals surface area contributed by atoms with Gasteiger partial charge in [0.15, 0.2) is 10.9 Å². The van der Waals surface area contributed by atoms with E-state index in [4.69, 9.17) is 16.6 Å². The molecule has 1 heterocycles. The smallest absolute Gasteiger partial charge is 0.291 e. The largest absolute Gasteiger partial charge is 0.451 e. The van der Waals surface area contributed by atoms with Crippen molar-refractivity contribution in [2.24, 2.45) is 0 Å². The van der Waals surface area contributed by atoms with Crippen molar-refractivity contribution >= 4 is 51.5 Å². The standard InChI is InChI=1S/C21H21N3O3S/c1-2-3-8-19(25)24-21(28)23-16-11-9-15(10-12-16)22-20(26)18-13-14-6-4-5-7-17(14)27-18/h4-7,9-13H,2-3,8H2,1H3,(H,22,26)(H2,23,24,25,28). The monoisotopic (exact) mass is 395 g/mol. The number of nitrogens with one attached hydrogen (secondary N) is 3. The van der Waals surface area contributed by atoms with Crippen molar-refractivity contribution in [1.82, 2.24) is 5.32 Å². The summed E-state index contributed by atoms with van der Waals surface area (Å²) in [5.74, 6) is -0.177. The molecule has 0 bridgehead atoms. The molecule has 6 nitrogen and oxygen atoms in total. The lowest BCUT2D eigenvalue weighted by Gasteiger charge is -2.10. The third-order valence-electron chi connectivity index (χ3n) is 4.06. The number of anilines is 2. The lowest BCUT2D eigenvalue weighted by atomic mass is 10.2. The highest BCUT2D eigenvalue weighted by molar-refractivity contribution is 7.80. The maximum Gasteiger partial charge on any atom is 0.291 e. The minimum atomic E-state index is -0.324. The average Bonchev–Trinajstić information content (AvgIpc) is 3.12. The summed E-state index contributed by atoms with van der Waals surface area (Å²) in [5.41, 5.74) is 2.00. The van der Waals surface area contributed by atoms with Crippen molar-refractivity contribution in [2.75, 3.05) is 10.6 Å². The molecule has 0 aliphatic rings. The van der Waals surface area contributed by atoms with Gasteiger partial charge >= 0.3 is 0 Å². The molecule has 0 radical (unpaired) electrons. The summed E-state index contributed by atoms with van der Waals surface area (Å²) in [4.78, 5) is 24.0. The summed E-state index contributed by atoms with van der Waals surface area (Å²) >= 11 is 5.14. The Morgan fingerprint density at radius 3 is 2.36 bits per heavy atom. The van der Waals surface area contributed by atoms with Gasteiger partial charge in [0.05, 0.1) is 0 Å². The van der Waals surface area contributed by atoms with E-state index >= 15 is 0 Å². The molecule has 3 rings (SSSR count). The number of carbonyl (C=O) groups excluding carboxylic acids is 2. The number of furan rings is 1. The first kappa shape index (κ1) is 19.6. The number of unbranched alkanes of at least 4 members (excludes halogenated alkanes) is 1. The first-order chi connectivity index (χ1) is 13.5. The number of carbonyl (C=O) groups is 2. The molecule has 0 aliphatic heterocycles. The molecule has 0 aliphatic carbocycles. The van der Waals surface area contributed by atoms with Crippen molar-refractivity contribution in [3.05, 3.63) is 60.4 Å². The molecule has 3 aromatic rings. The average molecular weight is 395 g/mol. The van der Waals surface area contributed by atoms with Crippen LogP contribution in [0, 0.1) is 0 Å². The quantitative estimate of drug-likeness (QED) is 0.528. The van der Waals surface area contributed by atoms with Gasteiger partial charge in [-0.15, -0.1) is 0 Å². The first-order valence-corrected chi connectivity index (χ1v) is 9.47. The second-order valence-electron chi connectivity index (χ2n) is 6.29. The van der Waals surface area contributed by atoms with Crippen molar-refractivity contribution in [1.29, 1.82) is 0 Å². The van der Waals surface area contributed by atoms with Crippen LogP contribution < -0.4 is 16.0 Å². The molecular formula is C21H21N3O3S. The number of hydrogen-bond acceptors (Lipinski definition) is 4. The number of benzene rings is 2. The normalized spacial score (nSPS) is 10.5. The summed E-state index contributed by atoms with van der Waals surface area (Å²) in [5, 5.41) is 9.51. The number of hydrogen-bond donors (Lipinski definition) is 3. The second kappa shape index (κ2) is 9.14. The number of rotatable bonds is 6. The minimum Gasteiger partial charge on any atom is -0.451 e. The molecule has 7 heteroatoms. The van der Waals surface area contributed by atoms with E-state index in [1.165, 1.54) is 0 Å². The minimum absolute atomic E-state index is 0.103. The van der Waals surface area contributed by atoms with E-state index in [0.29, 0.717) is 23.4 Å². The molecule has 3 N–H and O–H groups in total. The lowest BCUT2D eigenvalue weighted by Crippen LogP contribution is -2.33. The third-order valence-corrected chi connectivity index (χ3v) is 4.26. The van der Waals surface area contributed by atoms with Gasteiger partial charge in [0.25, 0.3) is 5.91 Å². The van der Waals surface area contributed by atoms with Gasteiger partial charge in [0.2, 0.25) is 5.91 Å². The van der Waals surface area contributed by atoms with Crippen LogP contribution in [0.15, 0.2) is 59.0 Å². The van der Waals surface area contributed by atoms with Gasteiger partial charge in [-0.05, 0) is 55.0 Å². The molecule has 0 spiro atoms. The van der Waals surface area contributed by atoms with Crippen LogP contribution in [0.2, 0.25) is 0 Å². The Hall–Kier alpha value is -3.19. The van der Waals surface area contributed by atoms with E-state index < -0.39 is 0 Å². The van der Waals surface area contributed by atoms with Crippen LogP contribution in [0.4, 0.5) is 11.4 Å². The van der Waals surface area contributed by atoms with Gasteiger partial charge in [0.1, 0.15) is 5.58 Å². The third kappa shape index (κ3) is 5.17. The topological polar surface area (TPSA) is 83.4 Å². The van der Waals surface area contributed by atoms with Crippen LogP contribution in [0.25, 0.3) is 11.0 Å². The highest BCUT2D eigenvalue weighted by atomic mass is 32.1. The van der Waals surface area contributed by atoms with E-state index in [0.717, 1.165) is 18.2 Å². The zero-order chi connectivity index (χ0) is 19.9. The van der Waals surface area contributed by atoms with E-state index in [1.807, 2.05) is 31.2 Å². The van der Waals surface area contributed by atoms with Crippen LogP contribution in [-0.2, 0) is 4.79 Å². The summed E-state index contributed by atoms with van der Waals surface area (Å²) in [6, 6.07) is 16.2. The van der Waals surface area contributed by atoms with Crippen molar-refractivity contribution in [3.8, 4) is 0 Å². The van der Waals surface area contributed by atoms with E-state index in [9.17, 15) is 9.59 Å². The number of fused-ring (bicyclic) bond motifs is 1. The van der Waals surface area contributed by atoms with Crippen LogP contribution >= 0.6 is 12.2 Å². The summed E-state index contributed by atoms with van der Waals surface area (Å²) in [7, 11) is 0. The molecule has 0 saturated heterocycles. The maximum absolute atomic E-state index is 12.4.